The summed E-state index contributed by atoms with van der Waals surface area (Å²) in [5, 5.41) is 3.62. The normalized spacial score (nSPS) is 12.7. The van der Waals surface area contributed by atoms with Crippen molar-refractivity contribution >= 4 is 15.9 Å². The smallest absolute Gasteiger partial charge is 0.0322 e. The Hall–Kier alpha value is -0.340. The summed E-state index contributed by atoms with van der Waals surface area (Å²) in [7, 11) is 0. The van der Waals surface area contributed by atoms with Crippen LogP contribution in [0, 0.1) is 6.92 Å². The zero-order valence-corrected chi connectivity index (χ0v) is 13.5. The number of hydrogen-bond acceptors (Lipinski definition) is 1. The van der Waals surface area contributed by atoms with E-state index in [9.17, 15) is 0 Å². The minimum atomic E-state index is 0.514. The molecule has 1 aromatic rings. The van der Waals surface area contributed by atoms with Crippen molar-refractivity contribution < 1.29 is 0 Å². The monoisotopic (exact) mass is 311 g/mol. The lowest BCUT2D eigenvalue weighted by atomic mass is 9.96. The Morgan fingerprint density at radius 3 is 2.56 bits per heavy atom. The summed E-state index contributed by atoms with van der Waals surface area (Å²) < 4.78 is 1.17. The molecule has 2 heteroatoms. The Bertz CT molecular complexity index is 349. The standard InChI is InChI=1S/C16H26BrN/c1-4-6-7-8-9-16(18-5-2)15-11-10-14(17)12-13(15)3/h10-12,16,18H,4-9H2,1-3H3. The maximum Gasteiger partial charge on any atom is 0.0322 e. The molecule has 1 unspecified atom stereocenters. The molecule has 0 heterocycles. The van der Waals surface area contributed by atoms with E-state index in [2.05, 4.69) is 60.2 Å². The lowest BCUT2D eigenvalue weighted by Crippen LogP contribution is -2.21. The van der Waals surface area contributed by atoms with Gasteiger partial charge in [0.05, 0.1) is 0 Å². The fourth-order valence-electron chi connectivity index (χ4n) is 2.42. The molecule has 0 bridgehead atoms. The minimum absolute atomic E-state index is 0.514. The van der Waals surface area contributed by atoms with Gasteiger partial charge in [-0.25, -0.2) is 0 Å². The fraction of sp³-hybridized carbons (Fsp3) is 0.625. The Labute approximate surface area is 120 Å². The van der Waals surface area contributed by atoms with Crippen molar-refractivity contribution in [1.29, 1.82) is 0 Å². The highest BCUT2D eigenvalue weighted by Crippen LogP contribution is 2.25. The second-order valence-corrected chi connectivity index (χ2v) is 5.88. The molecule has 18 heavy (non-hydrogen) atoms. The van der Waals surface area contributed by atoms with Crippen molar-refractivity contribution in [2.45, 2.75) is 58.9 Å². The topological polar surface area (TPSA) is 12.0 Å². The van der Waals surface area contributed by atoms with E-state index >= 15 is 0 Å². The van der Waals surface area contributed by atoms with E-state index in [1.165, 1.54) is 47.7 Å². The summed E-state index contributed by atoms with van der Waals surface area (Å²) >= 11 is 3.54. The van der Waals surface area contributed by atoms with Crippen molar-refractivity contribution in [1.82, 2.24) is 5.32 Å². The van der Waals surface area contributed by atoms with E-state index in [1.54, 1.807) is 0 Å². The molecule has 0 saturated carbocycles. The molecular weight excluding hydrogens is 286 g/mol. The average Bonchev–Trinajstić information content (AvgIpc) is 2.34. The average molecular weight is 312 g/mol. The van der Waals surface area contributed by atoms with Gasteiger partial charge in [-0.3, -0.25) is 0 Å². The van der Waals surface area contributed by atoms with Gasteiger partial charge >= 0.3 is 0 Å². The predicted molar refractivity (Wildman–Crippen MR) is 84.1 cm³/mol. The number of unbranched alkanes of at least 4 members (excludes halogenated alkanes) is 3. The van der Waals surface area contributed by atoms with Crippen LogP contribution in [-0.4, -0.2) is 6.54 Å². The maximum atomic E-state index is 3.62. The third-order valence-electron chi connectivity index (χ3n) is 3.40. The number of halogens is 1. The van der Waals surface area contributed by atoms with Crippen molar-refractivity contribution in [3.05, 3.63) is 33.8 Å². The van der Waals surface area contributed by atoms with Crippen LogP contribution in [0.1, 0.15) is 63.1 Å². The molecule has 0 radical (unpaired) electrons. The van der Waals surface area contributed by atoms with E-state index in [4.69, 9.17) is 0 Å². The molecule has 1 nitrogen and oxygen atoms in total. The molecule has 1 N–H and O–H groups in total. The van der Waals surface area contributed by atoms with Crippen molar-refractivity contribution in [2.75, 3.05) is 6.54 Å². The zero-order chi connectivity index (χ0) is 13.4. The molecular formula is C16H26BrN. The Kier molecular flexibility index (Phi) is 7.60. The zero-order valence-electron chi connectivity index (χ0n) is 11.9. The molecule has 1 aromatic carbocycles. The van der Waals surface area contributed by atoms with E-state index in [1.807, 2.05) is 0 Å². The second kappa shape index (κ2) is 8.71. The van der Waals surface area contributed by atoms with Gasteiger partial charge in [0.1, 0.15) is 0 Å². The third kappa shape index (κ3) is 5.11. The summed E-state index contributed by atoms with van der Waals surface area (Å²) in [5.74, 6) is 0. The molecule has 0 aliphatic rings. The molecule has 1 rings (SSSR count). The fourth-order valence-corrected chi connectivity index (χ4v) is 2.89. The quantitative estimate of drug-likeness (QED) is 0.636. The molecule has 1 atom stereocenters. The summed E-state index contributed by atoms with van der Waals surface area (Å²) in [5.41, 5.74) is 2.84. The van der Waals surface area contributed by atoms with Gasteiger partial charge in [0.2, 0.25) is 0 Å². The number of rotatable bonds is 8. The molecule has 0 aliphatic carbocycles. The highest BCUT2D eigenvalue weighted by molar-refractivity contribution is 9.10. The van der Waals surface area contributed by atoms with Crippen LogP contribution in [-0.2, 0) is 0 Å². The van der Waals surface area contributed by atoms with Gasteiger partial charge < -0.3 is 5.32 Å². The Balaban J connectivity index is 2.64. The molecule has 0 saturated heterocycles. The van der Waals surface area contributed by atoms with Crippen LogP contribution in [0.5, 0.6) is 0 Å². The predicted octanol–water partition coefficient (Wildman–Crippen LogP) is 5.38. The van der Waals surface area contributed by atoms with Crippen molar-refractivity contribution in [3.8, 4) is 0 Å². The van der Waals surface area contributed by atoms with Gasteiger partial charge in [0.25, 0.3) is 0 Å². The summed E-state index contributed by atoms with van der Waals surface area (Å²) in [6.07, 6.45) is 6.59. The van der Waals surface area contributed by atoms with Crippen LogP contribution in [0.2, 0.25) is 0 Å². The number of benzene rings is 1. The van der Waals surface area contributed by atoms with Gasteiger partial charge in [-0.15, -0.1) is 0 Å². The van der Waals surface area contributed by atoms with Gasteiger partial charge in [-0.05, 0) is 43.1 Å². The van der Waals surface area contributed by atoms with Gasteiger partial charge in [0, 0.05) is 10.5 Å². The van der Waals surface area contributed by atoms with Crippen LogP contribution in [0.3, 0.4) is 0 Å². The van der Waals surface area contributed by atoms with Crippen molar-refractivity contribution in [3.63, 3.8) is 0 Å². The highest BCUT2D eigenvalue weighted by Gasteiger charge is 2.12. The molecule has 0 aliphatic heterocycles. The number of aryl methyl sites for hydroxylation is 1. The van der Waals surface area contributed by atoms with E-state index in [0.29, 0.717) is 6.04 Å². The van der Waals surface area contributed by atoms with Crippen LogP contribution in [0.4, 0.5) is 0 Å². The first-order valence-corrected chi connectivity index (χ1v) is 7.97. The Morgan fingerprint density at radius 1 is 1.17 bits per heavy atom. The van der Waals surface area contributed by atoms with Gasteiger partial charge in [-0.2, -0.15) is 0 Å². The van der Waals surface area contributed by atoms with Crippen LogP contribution < -0.4 is 5.32 Å². The summed E-state index contributed by atoms with van der Waals surface area (Å²) in [4.78, 5) is 0. The van der Waals surface area contributed by atoms with Crippen LogP contribution >= 0.6 is 15.9 Å². The molecule has 0 aromatic heterocycles. The van der Waals surface area contributed by atoms with E-state index < -0.39 is 0 Å². The lowest BCUT2D eigenvalue weighted by Gasteiger charge is -2.20. The van der Waals surface area contributed by atoms with Gasteiger partial charge in [-0.1, -0.05) is 61.5 Å². The van der Waals surface area contributed by atoms with Crippen LogP contribution in [0.25, 0.3) is 0 Å². The number of nitrogens with one attached hydrogen (secondary N) is 1. The SMILES string of the molecule is CCCCCCC(NCC)c1ccc(Br)cc1C. The van der Waals surface area contributed by atoms with E-state index in [0.717, 1.165) is 6.54 Å². The third-order valence-corrected chi connectivity index (χ3v) is 3.90. The van der Waals surface area contributed by atoms with E-state index in [-0.39, 0.29) is 0 Å². The molecule has 0 amide bonds. The molecule has 102 valence electrons. The Morgan fingerprint density at radius 2 is 1.94 bits per heavy atom. The largest absolute Gasteiger partial charge is 0.310 e. The molecule has 0 fully saturated rings. The minimum Gasteiger partial charge on any atom is -0.310 e. The van der Waals surface area contributed by atoms with Crippen LogP contribution in [0.15, 0.2) is 22.7 Å². The lowest BCUT2D eigenvalue weighted by molar-refractivity contribution is 0.480. The number of hydrogen-bond donors (Lipinski definition) is 1. The summed E-state index contributed by atoms with van der Waals surface area (Å²) in [6.45, 7) is 7.69. The molecule has 0 spiro atoms. The van der Waals surface area contributed by atoms with Crippen molar-refractivity contribution in [2.24, 2.45) is 0 Å². The summed E-state index contributed by atoms with van der Waals surface area (Å²) in [6, 6.07) is 7.14. The highest BCUT2D eigenvalue weighted by atomic mass is 79.9. The first-order chi connectivity index (χ1) is 8.69. The second-order valence-electron chi connectivity index (χ2n) is 4.96. The first-order valence-electron chi connectivity index (χ1n) is 7.18. The maximum absolute atomic E-state index is 3.62. The first kappa shape index (κ1) is 15.7. The van der Waals surface area contributed by atoms with Gasteiger partial charge in [0.15, 0.2) is 0 Å².